The predicted octanol–water partition coefficient (Wildman–Crippen LogP) is 1.96. The second-order valence-corrected chi connectivity index (χ2v) is 5.49. The maximum Gasteiger partial charge on any atom is 0.296 e. The van der Waals surface area contributed by atoms with Gasteiger partial charge >= 0.3 is 0 Å². The molecule has 0 aliphatic carbocycles. The van der Waals surface area contributed by atoms with Crippen LogP contribution in [0.5, 0.6) is 0 Å². The Hall–Kier alpha value is -1.20. The summed E-state index contributed by atoms with van der Waals surface area (Å²) in [6.45, 7) is 4.90. The zero-order valence-corrected chi connectivity index (χ0v) is 11.6. The van der Waals surface area contributed by atoms with E-state index in [9.17, 15) is 9.59 Å². The molecule has 1 aromatic carbocycles. The number of carbonyl (C=O) groups excluding carboxylic acids is 2. The van der Waals surface area contributed by atoms with Gasteiger partial charge in [-0.3, -0.25) is 14.5 Å². The summed E-state index contributed by atoms with van der Waals surface area (Å²) in [4.78, 5) is 25.5. The van der Waals surface area contributed by atoms with Crippen molar-refractivity contribution in [1.29, 1.82) is 0 Å². The number of carbonyl (C=O) groups is 2. The number of ketones is 1. The molecule has 2 aliphatic rings. The van der Waals surface area contributed by atoms with E-state index in [4.69, 9.17) is 0 Å². The van der Waals surface area contributed by atoms with Crippen LogP contribution in [-0.2, 0) is 17.8 Å². The number of benzene rings is 1. The number of halogens is 1. The first-order valence-corrected chi connectivity index (χ1v) is 6.83. The molecule has 0 fully saturated rings. The number of hydrogen-bond acceptors (Lipinski definition) is 3. The Morgan fingerprint density at radius 3 is 2.89 bits per heavy atom. The van der Waals surface area contributed by atoms with Crippen LogP contribution < -0.4 is 5.32 Å². The van der Waals surface area contributed by atoms with Crippen molar-refractivity contribution in [2.75, 3.05) is 18.4 Å². The van der Waals surface area contributed by atoms with Crippen LogP contribution in [-0.4, -0.2) is 29.7 Å². The van der Waals surface area contributed by atoms with Crippen LogP contribution in [0.2, 0.25) is 0 Å². The second-order valence-electron chi connectivity index (χ2n) is 4.64. The zero-order chi connectivity index (χ0) is 12.9. The number of amides is 1. The lowest BCUT2D eigenvalue weighted by molar-refractivity contribution is -0.112. The highest BCUT2D eigenvalue weighted by atomic mass is 79.9. The van der Waals surface area contributed by atoms with Gasteiger partial charge in [0.05, 0.1) is 11.3 Å². The molecule has 0 radical (unpaired) electrons. The smallest absolute Gasteiger partial charge is 0.296 e. The summed E-state index contributed by atoms with van der Waals surface area (Å²) in [6.07, 6.45) is 0.946. The Balaban J connectivity index is 2.17. The largest absolute Gasteiger partial charge is 0.318 e. The summed E-state index contributed by atoms with van der Waals surface area (Å²) < 4.78 is 0.942. The normalized spacial score (nSPS) is 18.6. The minimum atomic E-state index is -0.515. The zero-order valence-electron chi connectivity index (χ0n) is 10.0. The fourth-order valence-electron chi connectivity index (χ4n) is 2.65. The highest BCUT2D eigenvalue weighted by Crippen LogP contribution is 2.37. The van der Waals surface area contributed by atoms with E-state index in [0.717, 1.165) is 41.8 Å². The van der Waals surface area contributed by atoms with Crippen LogP contribution in [0, 0.1) is 0 Å². The third-order valence-electron chi connectivity index (χ3n) is 3.69. The molecule has 3 rings (SSSR count). The highest BCUT2D eigenvalue weighted by molar-refractivity contribution is 9.10. The van der Waals surface area contributed by atoms with Crippen molar-refractivity contribution in [3.05, 3.63) is 27.2 Å². The molecular weight excluding hydrogens is 296 g/mol. The molecule has 0 atom stereocenters. The average molecular weight is 309 g/mol. The van der Waals surface area contributed by atoms with Gasteiger partial charge < -0.3 is 5.32 Å². The van der Waals surface area contributed by atoms with Crippen molar-refractivity contribution in [3.63, 3.8) is 0 Å². The average Bonchev–Trinajstić information content (AvgIpc) is 2.66. The highest BCUT2D eigenvalue weighted by Gasteiger charge is 2.33. The monoisotopic (exact) mass is 308 g/mol. The van der Waals surface area contributed by atoms with Crippen LogP contribution in [0.1, 0.15) is 28.4 Å². The van der Waals surface area contributed by atoms with Crippen molar-refractivity contribution in [1.82, 2.24) is 4.90 Å². The Labute approximate surface area is 113 Å². The second kappa shape index (κ2) is 4.17. The topological polar surface area (TPSA) is 49.4 Å². The molecule has 1 aromatic rings. The molecule has 0 unspecified atom stereocenters. The van der Waals surface area contributed by atoms with E-state index < -0.39 is 11.7 Å². The predicted molar refractivity (Wildman–Crippen MR) is 71.8 cm³/mol. The van der Waals surface area contributed by atoms with E-state index in [-0.39, 0.29) is 0 Å². The summed E-state index contributed by atoms with van der Waals surface area (Å²) >= 11 is 3.52. The van der Waals surface area contributed by atoms with Gasteiger partial charge in [0.15, 0.2) is 0 Å². The Morgan fingerprint density at radius 1 is 1.39 bits per heavy atom. The molecule has 5 heteroatoms. The first-order chi connectivity index (χ1) is 8.61. The van der Waals surface area contributed by atoms with Gasteiger partial charge in [-0.05, 0) is 30.2 Å². The van der Waals surface area contributed by atoms with Crippen LogP contribution in [0.4, 0.5) is 5.69 Å². The molecule has 0 saturated heterocycles. The fraction of sp³-hybridized carbons (Fsp3) is 0.385. The summed E-state index contributed by atoms with van der Waals surface area (Å²) in [7, 11) is 0. The van der Waals surface area contributed by atoms with E-state index in [1.54, 1.807) is 6.07 Å². The van der Waals surface area contributed by atoms with Crippen molar-refractivity contribution in [2.24, 2.45) is 0 Å². The van der Waals surface area contributed by atoms with Crippen LogP contribution in [0.15, 0.2) is 10.5 Å². The van der Waals surface area contributed by atoms with Gasteiger partial charge in [0.1, 0.15) is 0 Å². The fourth-order valence-corrected chi connectivity index (χ4v) is 3.31. The lowest BCUT2D eigenvalue weighted by Crippen LogP contribution is -2.31. The third-order valence-corrected chi connectivity index (χ3v) is 4.40. The number of nitrogens with one attached hydrogen (secondary N) is 1. The molecular formula is C13H13BrN2O2. The SMILES string of the molecule is CCN1CCc2c(Br)cc3c(c2C1)NC(=O)C3=O. The van der Waals surface area contributed by atoms with E-state index >= 15 is 0 Å². The van der Waals surface area contributed by atoms with Gasteiger partial charge in [-0.25, -0.2) is 0 Å². The molecule has 0 spiro atoms. The quantitative estimate of drug-likeness (QED) is 0.807. The van der Waals surface area contributed by atoms with Gasteiger partial charge in [-0.15, -0.1) is 0 Å². The molecule has 1 N–H and O–H groups in total. The molecule has 2 heterocycles. The van der Waals surface area contributed by atoms with Crippen molar-refractivity contribution in [3.8, 4) is 0 Å². The van der Waals surface area contributed by atoms with Gasteiger partial charge in [-0.2, -0.15) is 0 Å². The first kappa shape index (κ1) is 11.9. The first-order valence-electron chi connectivity index (χ1n) is 6.04. The van der Waals surface area contributed by atoms with Gasteiger partial charge in [0.25, 0.3) is 11.7 Å². The van der Waals surface area contributed by atoms with Crippen LogP contribution in [0.3, 0.4) is 0 Å². The van der Waals surface area contributed by atoms with E-state index in [1.807, 2.05) is 0 Å². The van der Waals surface area contributed by atoms with E-state index in [1.165, 1.54) is 5.56 Å². The van der Waals surface area contributed by atoms with Crippen molar-refractivity contribution in [2.45, 2.75) is 19.9 Å². The molecule has 4 nitrogen and oxygen atoms in total. The molecule has 94 valence electrons. The van der Waals surface area contributed by atoms with Crippen molar-refractivity contribution >= 4 is 33.3 Å². The van der Waals surface area contributed by atoms with Gasteiger partial charge in [0.2, 0.25) is 0 Å². The Kier molecular flexibility index (Phi) is 2.75. The lowest BCUT2D eigenvalue weighted by atomic mass is 9.95. The number of anilines is 1. The number of hydrogen-bond donors (Lipinski definition) is 1. The van der Waals surface area contributed by atoms with Crippen LogP contribution >= 0.6 is 15.9 Å². The molecule has 0 bridgehead atoms. The summed E-state index contributed by atoms with van der Waals surface area (Å²) in [5.41, 5.74) is 3.53. The van der Waals surface area contributed by atoms with E-state index in [0.29, 0.717) is 5.56 Å². The minimum Gasteiger partial charge on any atom is -0.318 e. The lowest BCUT2D eigenvalue weighted by Gasteiger charge is -2.29. The molecule has 0 saturated carbocycles. The standard InChI is InChI=1S/C13H13BrN2O2/c1-2-16-4-3-7-9(6-16)11-8(5-10(7)14)12(17)13(18)15-11/h5H,2-4,6H2,1H3,(H,15,17,18). The summed E-state index contributed by atoms with van der Waals surface area (Å²) in [6, 6.07) is 1.77. The molecule has 18 heavy (non-hydrogen) atoms. The number of Topliss-reactive ketones (excluding diaryl/α,β-unsaturated/α-hetero) is 1. The summed E-state index contributed by atoms with van der Waals surface area (Å²) in [5.74, 6) is -0.943. The minimum absolute atomic E-state index is 0.429. The molecule has 2 aliphatic heterocycles. The van der Waals surface area contributed by atoms with Crippen LogP contribution in [0.25, 0.3) is 0 Å². The van der Waals surface area contributed by atoms with E-state index in [2.05, 4.69) is 33.1 Å². The summed E-state index contributed by atoms with van der Waals surface area (Å²) in [5, 5.41) is 2.71. The van der Waals surface area contributed by atoms with Gasteiger partial charge in [-0.1, -0.05) is 22.9 Å². The van der Waals surface area contributed by atoms with Crippen molar-refractivity contribution < 1.29 is 9.59 Å². The van der Waals surface area contributed by atoms with Gasteiger partial charge in [0, 0.05) is 17.6 Å². The number of likely N-dealkylation sites (N-methyl/N-ethyl adjacent to an activating group) is 1. The number of nitrogens with zero attached hydrogens (tertiary/aromatic N) is 1. The Bertz CT molecular complexity index is 569. The molecule has 1 amide bonds. The Morgan fingerprint density at radius 2 is 2.17 bits per heavy atom. The molecule has 0 aromatic heterocycles. The maximum atomic E-state index is 11.7. The number of fused-ring (bicyclic) bond motifs is 3. The third kappa shape index (κ3) is 1.61. The maximum absolute atomic E-state index is 11.7. The number of rotatable bonds is 1.